The van der Waals surface area contributed by atoms with Crippen molar-refractivity contribution in [2.75, 3.05) is 6.54 Å². The van der Waals surface area contributed by atoms with Crippen LogP contribution >= 0.6 is 0 Å². The lowest BCUT2D eigenvalue weighted by atomic mass is 10.1. The lowest BCUT2D eigenvalue weighted by Crippen LogP contribution is -2.11. The number of nitrogens with zero attached hydrogens (tertiary/aromatic N) is 1. The van der Waals surface area contributed by atoms with Gasteiger partial charge in [0, 0.05) is 6.54 Å². The Hall–Kier alpha value is -0.380. The first-order valence-corrected chi connectivity index (χ1v) is 5.52. The molecule has 0 radical (unpaired) electrons. The van der Waals surface area contributed by atoms with Gasteiger partial charge in [-0.25, -0.2) is 0 Å². The second-order valence-corrected chi connectivity index (χ2v) is 3.63. The van der Waals surface area contributed by atoms with Crippen molar-refractivity contribution < 1.29 is 5.21 Å². The van der Waals surface area contributed by atoms with Crippen LogP contribution in [-0.4, -0.2) is 17.0 Å². The summed E-state index contributed by atoms with van der Waals surface area (Å²) < 4.78 is 0. The number of rotatable bonds is 10. The molecule has 3 heteroatoms. The van der Waals surface area contributed by atoms with E-state index in [0.717, 1.165) is 19.3 Å². The average Bonchev–Trinajstić information content (AvgIpc) is 2.15. The second-order valence-electron chi connectivity index (χ2n) is 3.63. The molecule has 0 amide bonds. The molecule has 0 heterocycles. The van der Waals surface area contributed by atoms with E-state index in [2.05, 4.69) is 6.58 Å². The van der Waals surface area contributed by atoms with E-state index in [0.29, 0.717) is 0 Å². The smallest absolute Gasteiger partial charge is 0.0104 e. The van der Waals surface area contributed by atoms with Gasteiger partial charge in [0.15, 0.2) is 0 Å². The third kappa shape index (κ3) is 11.6. The van der Waals surface area contributed by atoms with Crippen molar-refractivity contribution in [3.05, 3.63) is 17.9 Å². The van der Waals surface area contributed by atoms with E-state index in [4.69, 9.17) is 5.21 Å². The van der Waals surface area contributed by atoms with Crippen molar-refractivity contribution in [2.24, 2.45) is 0 Å². The molecule has 3 nitrogen and oxygen atoms in total. The summed E-state index contributed by atoms with van der Waals surface area (Å²) in [5.74, 6) is 0. The number of unbranched alkanes of at least 4 members (excludes halogenated alkanes) is 7. The molecule has 0 atom stereocenters. The van der Waals surface area contributed by atoms with Crippen molar-refractivity contribution in [1.29, 1.82) is 0 Å². The van der Waals surface area contributed by atoms with Crippen LogP contribution in [0.5, 0.6) is 0 Å². The van der Waals surface area contributed by atoms with Crippen molar-refractivity contribution >= 4 is 0 Å². The zero-order valence-electron chi connectivity index (χ0n) is 8.95. The maximum atomic E-state index is 10.1. The second kappa shape index (κ2) is 10.7. The van der Waals surface area contributed by atoms with Gasteiger partial charge in [0.05, 0.1) is 0 Å². The van der Waals surface area contributed by atoms with Crippen molar-refractivity contribution in [1.82, 2.24) is 5.23 Å². The van der Waals surface area contributed by atoms with Crippen LogP contribution in [0.3, 0.4) is 0 Å². The maximum Gasteiger partial charge on any atom is 0.0104 e. The van der Waals surface area contributed by atoms with Crippen molar-refractivity contribution in [3.63, 3.8) is 0 Å². The molecule has 0 aliphatic heterocycles. The molecule has 0 saturated carbocycles. The van der Waals surface area contributed by atoms with Gasteiger partial charge in [-0.2, -0.15) is 0 Å². The molecule has 0 bridgehead atoms. The number of hydroxylamine groups is 2. The number of allylic oxidation sites excluding steroid dienone is 1. The molecule has 84 valence electrons. The topological polar surface area (TPSA) is 46.5 Å². The Morgan fingerprint density at radius 1 is 1.00 bits per heavy atom. The van der Waals surface area contributed by atoms with E-state index in [-0.39, 0.29) is 11.8 Å². The van der Waals surface area contributed by atoms with E-state index >= 15 is 0 Å². The molecule has 1 N–H and O–H groups in total. The highest BCUT2D eigenvalue weighted by Crippen LogP contribution is 2.08. The van der Waals surface area contributed by atoms with Gasteiger partial charge in [-0.15, -0.1) is 6.58 Å². The fourth-order valence-corrected chi connectivity index (χ4v) is 1.42. The molecule has 0 fully saturated rings. The highest BCUT2D eigenvalue weighted by atomic mass is 16.8. The molecule has 0 spiro atoms. The normalized spacial score (nSPS) is 10.8. The SMILES string of the molecule is C=CCCCCCCCCCN([O-])O. The minimum Gasteiger partial charge on any atom is -0.762 e. The van der Waals surface area contributed by atoms with Gasteiger partial charge >= 0.3 is 0 Å². The van der Waals surface area contributed by atoms with Gasteiger partial charge in [-0.05, 0) is 19.3 Å². The Balaban J connectivity index is 2.88. The highest BCUT2D eigenvalue weighted by Gasteiger charge is 1.91. The minimum absolute atomic E-state index is 0.0179. The summed E-state index contributed by atoms with van der Waals surface area (Å²) in [5.41, 5.74) is 0. The fraction of sp³-hybridized carbons (Fsp3) is 0.818. The summed E-state index contributed by atoms with van der Waals surface area (Å²) in [5, 5.41) is 18.5. The predicted octanol–water partition coefficient (Wildman–Crippen LogP) is 3.48. The molecular formula is C11H22NO2-. The molecule has 0 aromatic heterocycles. The first kappa shape index (κ1) is 13.6. The van der Waals surface area contributed by atoms with Crippen LogP contribution in [0.4, 0.5) is 0 Å². The minimum atomic E-state index is 0.0179. The molecule has 0 unspecified atom stereocenters. The largest absolute Gasteiger partial charge is 0.762 e. The Labute approximate surface area is 87.0 Å². The van der Waals surface area contributed by atoms with Gasteiger partial charge in [-0.1, -0.05) is 38.2 Å². The van der Waals surface area contributed by atoms with Crippen molar-refractivity contribution in [3.8, 4) is 0 Å². The van der Waals surface area contributed by atoms with Crippen LogP contribution < -0.4 is 0 Å². The standard InChI is InChI=1S/C11H22NO2/c1-2-3-4-5-6-7-8-9-10-11-12(13)14/h2,13H,1,3-11H2/q-1. The quantitative estimate of drug-likeness (QED) is 0.333. The Bertz CT molecular complexity index is 126. The summed E-state index contributed by atoms with van der Waals surface area (Å²) in [7, 11) is 0. The third-order valence-electron chi connectivity index (χ3n) is 2.26. The van der Waals surface area contributed by atoms with Crippen LogP contribution in [0.15, 0.2) is 12.7 Å². The average molecular weight is 200 g/mol. The van der Waals surface area contributed by atoms with Crippen molar-refractivity contribution in [2.45, 2.75) is 51.4 Å². The molecule has 0 aromatic carbocycles. The zero-order valence-corrected chi connectivity index (χ0v) is 8.95. The molecule has 0 aromatic rings. The van der Waals surface area contributed by atoms with Gasteiger partial charge in [0.2, 0.25) is 0 Å². The lowest BCUT2D eigenvalue weighted by molar-refractivity contribution is -0.0414. The monoisotopic (exact) mass is 200 g/mol. The van der Waals surface area contributed by atoms with Crippen LogP contribution in [-0.2, 0) is 0 Å². The van der Waals surface area contributed by atoms with E-state index in [9.17, 15) is 5.21 Å². The highest BCUT2D eigenvalue weighted by molar-refractivity contribution is 4.65. The molecule has 0 aliphatic rings. The van der Waals surface area contributed by atoms with Gasteiger partial charge < -0.3 is 10.4 Å². The molecular weight excluding hydrogens is 178 g/mol. The summed E-state index contributed by atoms with van der Waals surface area (Å²) in [6.45, 7) is 3.92. The summed E-state index contributed by atoms with van der Waals surface area (Å²) in [6, 6.07) is 0. The first-order valence-electron chi connectivity index (χ1n) is 5.52. The van der Waals surface area contributed by atoms with Crippen LogP contribution in [0.25, 0.3) is 0 Å². The van der Waals surface area contributed by atoms with Gasteiger partial charge in [0.25, 0.3) is 0 Å². The molecule has 14 heavy (non-hydrogen) atoms. The lowest BCUT2D eigenvalue weighted by Gasteiger charge is -2.18. The Kier molecular flexibility index (Phi) is 10.4. The van der Waals surface area contributed by atoms with Gasteiger partial charge in [-0.3, -0.25) is 5.23 Å². The van der Waals surface area contributed by atoms with E-state index in [1.165, 1.54) is 32.1 Å². The maximum absolute atomic E-state index is 10.1. The van der Waals surface area contributed by atoms with Crippen LogP contribution in [0.2, 0.25) is 0 Å². The molecule has 0 rings (SSSR count). The van der Waals surface area contributed by atoms with E-state index < -0.39 is 0 Å². The van der Waals surface area contributed by atoms with Crippen LogP contribution in [0.1, 0.15) is 51.4 Å². The summed E-state index contributed by atoms with van der Waals surface area (Å²) in [6.07, 6.45) is 11.1. The number of hydrogen-bond donors (Lipinski definition) is 1. The Morgan fingerprint density at radius 2 is 1.50 bits per heavy atom. The summed E-state index contributed by atoms with van der Waals surface area (Å²) in [4.78, 5) is 0. The van der Waals surface area contributed by atoms with Gasteiger partial charge in [0.1, 0.15) is 0 Å². The van der Waals surface area contributed by atoms with E-state index in [1.54, 1.807) is 0 Å². The first-order chi connectivity index (χ1) is 6.77. The summed E-state index contributed by atoms with van der Waals surface area (Å²) >= 11 is 0. The van der Waals surface area contributed by atoms with E-state index in [1.807, 2.05) is 6.08 Å². The van der Waals surface area contributed by atoms with Crippen LogP contribution in [0, 0.1) is 5.21 Å². The molecule has 0 saturated heterocycles. The number of hydrogen-bond acceptors (Lipinski definition) is 3. The fourth-order valence-electron chi connectivity index (χ4n) is 1.42. The zero-order chi connectivity index (χ0) is 10.6. The third-order valence-corrected chi connectivity index (χ3v) is 2.26. The predicted molar refractivity (Wildman–Crippen MR) is 59.0 cm³/mol. The molecule has 0 aliphatic carbocycles. The Morgan fingerprint density at radius 3 is 2.00 bits per heavy atom.